The third-order valence-corrected chi connectivity index (χ3v) is 3.54. The van der Waals surface area contributed by atoms with Gasteiger partial charge in [-0.1, -0.05) is 52.8 Å². The molecule has 1 aliphatic carbocycles. The predicted octanol–water partition coefficient (Wildman–Crippen LogP) is 4.06. The predicted molar refractivity (Wildman–Crippen MR) is 72.2 cm³/mol. The van der Waals surface area contributed by atoms with E-state index >= 15 is 0 Å². The minimum atomic E-state index is 0.0734. The van der Waals surface area contributed by atoms with Crippen LogP contribution in [0.2, 0.25) is 0 Å². The van der Waals surface area contributed by atoms with E-state index in [2.05, 4.69) is 22.5 Å². The zero-order chi connectivity index (χ0) is 12.0. The number of fused-ring (bicyclic) bond motifs is 2. The number of hydrogen-bond acceptors (Lipinski definition) is 1. The van der Waals surface area contributed by atoms with E-state index in [4.69, 9.17) is 0 Å². The number of carbonyl (C=O) groups is 1. The highest BCUT2D eigenvalue weighted by molar-refractivity contribution is 9.10. The normalized spacial score (nSPS) is 13.2. The van der Waals surface area contributed by atoms with Gasteiger partial charge in [-0.05, 0) is 28.8 Å². The van der Waals surface area contributed by atoms with Gasteiger partial charge in [-0.25, -0.2) is 0 Å². The summed E-state index contributed by atoms with van der Waals surface area (Å²) in [7, 11) is 0. The van der Waals surface area contributed by atoms with Gasteiger partial charge in [-0.15, -0.1) is 0 Å². The van der Waals surface area contributed by atoms with Crippen molar-refractivity contribution in [3.63, 3.8) is 0 Å². The maximum absolute atomic E-state index is 12.3. The molecule has 0 fully saturated rings. The highest BCUT2D eigenvalue weighted by Crippen LogP contribution is 2.35. The topological polar surface area (TPSA) is 17.1 Å². The van der Waals surface area contributed by atoms with Crippen LogP contribution in [0.3, 0.4) is 0 Å². The van der Waals surface area contributed by atoms with Gasteiger partial charge in [0.1, 0.15) is 0 Å². The van der Waals surface area contributed by atoms with Crippen molar-refractivity contribution >= 4 is 27.3 Å². The van der Waals surface area contributed by atoms with Gasteiger partial charge in [0.05, 0.1) is 0 Å². The number of ketones is 1. The first-order valence-electron chi connectivity index (χ1n) is 5.31. The molecule has 0 atom stereocenters. The largest absolute Gasteiger partial charge is 0.289 e. The molecule has 0 radical (unpaired) electrons. The van der Waals surface area contributed by atoms with Crippen molar-refractivity contribution in [2.45, 2.75) is 0 Å². The highest BCUT2D eigenvalue weighted by atomic mass is 79.9. The summed E-state index contributed by atoms with van der Waals surface area (Å²) in [4.78, 5) is 12.3. The molecule has 0 amide bonds. The van der Waals surface area contributed by atoms with Crippen molar-refractivity contribution in [1.29, 1.82) is 0 Å². The van der Waals surface area contributed by atoms with Crippen LogP contribution in [0.5, 0.6) is 0 Å². The Bertz CT molecular complexity index is 656. The van der Waals surface area contributed by atoms with Gasteiger partial charge in [0.2, 0.25) is 0 Å². The van der Waals surface area contributed by atoms with Crippen LogP contribution >= 0.6 is 15.9 Å². The van der Waals surface area contributed by atoms with Crippen LogP contribution in [0.4, 0.5) is 0 Å². The quantitative estimate of drug-likeness (QED) is 0.609. The number of benzene rings is 2. The second-order valence-corrected chi connectivity index (χ2v) is 4.96. The first kappa shape index (κ1) is 10.5. The molecule has 0 unspecified atom stereocenters. The van der Waals surface area contributed by atoms with Crippen molar-refractivity contribution in [3.8, 4) is 0 Å². The van der Waals surface area contributed by atoms with Crippen LogP contribution in [-0.2, 0) is 0 Å². The van der Waals surface area contributed by atoms with E-state index in [0.717, 1.165) is 32.3 Å². The lowest BCUT2D eigenvalue weighted by Crippen LogP contribution is -2.13. The fraction of sp³-hybridized carbons (Fsp3) is 0. The Kier molecular flexibility index (Phi) is 2.26. The number of halogens is 1. The molecule has 2 aromatic carbocycles. The zero-order valence-corrected chi connectivity index (χ0v) is 10.6. The molecule has 0 aliphatic heterocycles. The standard InChI is InChI=1S/C15H9BrO/c1-9-11-4-2-3-5-13(11)15(17)14-8-10(16)6-7-12(9)14/h2-8H,1H2. The summed E-state index contributed by atoms with van der Waals surface area (Å²) < 4.78 is 0.914. The van der Waals surface area contributed by atoms with Crippen LogP contribution in [0.1, 0.15) is 27.0 Å². The van der Waals surface area contributed by atoms with Gasteiger partial charge in [0, 0.05) is 15.6 Å². The SMILES string of the molecule is C=C1c2ccccc2C(=O)c2cc(Br)ccc21. The molecule has 0 saturated carbocycles. The first-order valence-corrected chi connectivity index (χ1v) is 6.11. The molecule has 0 heterocycles. The van der Waals surface area contributed by atoms with Crippen molar-refractivity contribution in [2.24, 2.45) is 0 Å². The Morgan fingerprint density at radius 3 is 2.29 bits per heavy atom. The summed E-state index contributed by atoms with van der Waals surface area (Å²) in [5, 5.41) is 0. The van der Waals surface area contributed by atoms with Gasteiger partial charge < -0.3 is 0 Å². The molecular formula is C15H9BrO. The molecule has 0 bridgehead atoms. The van der Waals surface area contributed by atoms with E-state index in [1.807, 2.05) is 42.5 Å². The maximum Gasteiger partial charge on any atom is 0.194 e. The van der Waals surface area contributed by atoms with E-state index < -0.39 is 0 Å². The van der Waals surface area contributed by atoms with Gasteiger partial charge in [-0.2, -0.15) is 0 Å². The van der Waals surface area contributed by atoms with Crippen LogP contribution < -0.4 is 0 Å². The van der Waals surface area contributed by atoms with Crippen LogP contribution in [0, 0.1) is 0 Å². The molecule has 82 valence electrons. The third-order valence-electron chi connectivity index (χ3n) is 3.05. The zero-order valence-electron chi connectivity index (χ0n) is 9.03. The fourth-order valence-electron chi connectivity index (χ4n) is 2.20. The monoisotopic (exact) mass is 284 g/mol. The third kappa shape index (κ3) is 1.48. The number of rotatable bonds is 0. The fourth-order valence-corrected chi connectivity index (χ4v) is 2.56. The lowest BCUT2D eigenvalue weighted by molar-refractivity contribution is 0.103. The Labute approximate surface area is 108 Å². The average molecular weight is 285 g/mol. The molecule has 17 heavy (non-hydrogen) atoms. The molecule has 0 saturated heterocycles. The summed E-state index contributed by atoms with van der Waals surface area (Å²) in [6.45, 7) is 4.09. The lowest BCUT2D eigenvalue weighted by atomic mass is 9.82. The minimum Gasteiger partial charge on any atom is -0.289 e. The summed E-state index contributed by atoms with van der Waals surface area (Å²) in [6, 6.07) is 13.3. The average Bonchev–Trinajstić information content (AvgIpc) is 2.36. The lowest BCUT2D eigenvalue weighted by Gasteiger charge is -2.20. The smallest absolute Gasteiger partial charge is 0.194 e. The minimum absolute atomic E-state index is 0.0734. The molecule has 1 aliphatic rings. The van der Waals surface area contributed by atoms with Crippen molar-refractivity contribution < 1.29 is 4.79 Å². The van der Waals surface area contributed by atoms with Crippen LogP contribution in [0.25, 0.3) is 5.57 Å². The Morgan fingerprint density at radius 1 is 0.882 bits per heavy atom. The van der Waals surface area contributed by atoms with E-state index in [0.29, 0.717) is 0 Å². The summed E-state index contributed by atoms with van der Waals surface area (Å²) in [5.74, 6) is 0.0734. The summed E-state index contributed by atoms with van der Waals surface area (Å²) >= 11 is 3.40. The van der Waals surface area contributed by atoms with Crippen molar-refractivity contribution in [2.75, 3.05) is 0 Å². The molecule has 0 aromatic heterocycles. The Morgan fingerprint density at radius 2 is 1.53 bits per heavy atom. The Hall–Kier alpha value is -1.67. The number of carbonyl (C=O) groups excluding carboxylic acids is 1. The van der Waals surface area contributed by atoms with Crippen molar-refractivity contribution in [3.05, 3.63) is 75.8 Å². The van der Waals surface area contributed by atoms with Gasteiger partial charge in [0.15, 0.2) is 5.78 Å². The maximum atomic E-state index is 12.3. The molecular weight excluding hydrogens is 276 g/mol. The molecule has 2 heteroatoms. The second-order valence-electron chi connectivity index (χ2n) is 4.04. The molecule has 0 N–H and O–H groups in total. The number of hydrogen-bond donors (Lipinski definition) is 0. The Balaban J connectivity index is 2.33. The highest BCUT2D eigenvalue weighted by Gasteiger charge is 2.25. The molecule has 2 aromatic rings. The van der Waals surface area contributed by atoms with Gasteiger partial charge in [0.25, 0.3) is 0 Å². The van der Waals surface area contributed by atoms with Crippen LogP contribution in [0.15, 0.2) is 53.5 Å². The van der Waals surface area contributed by atoms with E-state index in [9.17, 15) is 4.79 Å². The molecule has 1 nitrogen and oxygen atoms in total. The van der Waals surface area contributed by atoms with Gasteiger partial charge >= 0.3 is 0 Å². The molecule has 0 spiro atoms. The summed E-state index contributed by atoms with van der Waals surface area (Å²) in [6.07, 6.45) is 0. The van der Waals surface area contributed by atoms with Crippen molar-refractivity contribution in [1.82, 2.24) is 0 Å². The van der Waals surface area contributed by atoms with Gasteiger partial charge in [-0.3, -0.25) is 4.79 Å². The summed E-state index contributed by atoms with van der Waals surface area (Å²) in [5.41, 5.74) is 4.25. The van der Waals surface area contributed by atoms with E-state index in [-0.39, 0.29) is 5.78 Å². The first-order chi connectivity index (χ1) is 8.18. The second kappa shape index (κ2) is 3.67. The van der Waals surface area contributed by atoms with E-state index in [1.54, 1.807) is 0 Å². The molecule has 3 rings (SSSR count). The van der Waals surface area contributed by atoms with E-state index in [1.165, 1.54) is 0 Å². The van der Waals surface area contributed by atoms with Crippen LogP contribution in [-0.4, -0.2) is 5.78 Å².